The zero-order valence-electron chi connectivity index (χ0n) is 9.42. The second-order valence-electron chi connectivity index (χ2n) is 3.08. The summed E-state index contributed by atoms with van der Waals surface area (Å²) in [6, 6.07) is 3.08. The fraction of sp³-hybridized carbons (Fsp3) is 0.200. The third-order valence-corrected chi connectivity index (χ3v) is 2.06. The molecule has 19 heavy (non-hydrogen) atoms. The smallest absolute Gasteiger partial charge is 0.387 e. The molecule has 1 rings (SSSR count). The van der Waals surface area contributed by atoms with Crippen LogP contribution in [-0.4, -0.2) is 24.6 Å². The van der Waals surface area contributed by atoms with Crippen molar-refractivity contribution in [2.75, 3.05) is 7.11 Å². The highest BCUT2D eigenvalue weighted by molar-refractivity contribution is 5.94. The fourth-order valence-electron chi connectivity index (χ4n) is 1.31. The molecule has 0 aliphatic rings. The van der Waals surface area contributed by atoms with Crippen molar-refractivity contribution in [3.05, 3.63) is 33.4 Å². The molecule has 0 amide bonds. The minimum atomic E-state index is -3.35. The van der Waals surface area contributed by atoms with Gasteiger partial charge in [-0.2, -0.15) is 14.0 Å². The van der Waals surface area contributed by atoms with E-state index in [0.29, 0.717) is 0 Å². The van der Waals surface area contributed by atoms with Crippen molar-refractivity contribution in [2.45, 2.75) is 6.61 Å². The maximum atomic E-state index is 12.3. The van der Waals surface area contributed by atoms with Crippen LogP contribution in [0.4, 0.5) is 14.5 Å². The van der Waals surface area contributed by atoms with Crippen LogP contribution in [0.5, 0.6) is 5.75 Å². The van der Waals surface area contributed by atoms with Gasteiger partial charge < -0.3 is 9.47 Å². The van der Waals surface area contributed by atoms with Crippen LogP contribution in [0.1, 0.15) is 15.9 Å². The zero-order chi connectivity index (χ0) is 14.6. The number of nitro groups is 1. The lowest BCUT2D eigenvalue weighted by molar-refractivity contribution is -0.385. The van der Waals surface area contributed by atoms with Gasteiger partial charge in [0, 0.05) is 6.07 Å². The molecule has 1 aromatic rings. The van der Waals surface area contributed by atoms with E-state index in [-0.39, 0.29) is 0 Å². The summed E-state index contributed by atoms with van der Waals surface area (Å²) in [5.41, 5.74) is -2.01. The number of hydrogen-bond donors (Lipinski definition) is 0. The van der Waals surface area contributed by atoms with E-state index in [1.54, 1.807) is 0 Å². The maximum absolute atomic E-state index is 12.3. The normalized spacial score (nSPS) is 9.84. The number of nitro benzene ring substituents is 1. The Labute approximate surface area is 105 Å². The van der Waals surface area contributed by atoms with Crippen LogP contribution >= 0.6 is 0 Å². The van der Waals surface area contributed by atoms with Gasteiger partial charge in [0.1, 0.15) is 11.6 Å². The number of nitriles is 1. The lowest BCUT2D eigenvalue weighted by atomic mass is 10.1. The number of esters is 1. The standard InChI is InChI=1S/C10H6F2N2O5/c1-18-9(15)5-2-3-7(14(16)17)6(4-13)8(5)19-10(11)12/h2-3,10H,1H3. The molecule has 0 heterocycles. The van der Waals surface area contributed by atoms with Crippen molar-refractivity contribution in [2.24, 2.45) is 0 Å². The number of rotatable bonds is 4. The monoisotopic (exact) mass is 272 g/mol. The van der Waals surface area contributed by atoms with Crippen molar-refractivity contribution in [3.63, 3.8) is 0 Å². The van der Waals surface area contributed by atoms with Crippen LogP contribution in [0.3, 0.4) is 0 Å². The molecular formula is C10H6F2N2O5. The van der Waals surface area contributed by atoms with Crippen molar-refractivity contribution >= 4 is 11.7 Å². The van der Waals surface area contributed by atoms with Crippen molar-refractivity contribution in [3.8, 4) is 11.8 Å². The highest BCUT2D eigenvalue weighted by Gasteiger charge is 2.27. The van der Waals surface area contributed by atoms with Crippen molar-refractivity contribution in [1.29, 1.82) is 5.26 Å². The molecule has 0 bridgehead atoms. The molecule has 0 spiro atoms. The molecule has 0 aliphatic heterocycles. The Morgan fingerprint density at radius 1 is 1.53 bits per heavy atom. The van der Waals surface area contributed by atoms with Crippen LogP contribution < -0.4 is 4.74 Å². The van der Waals surface area contributed by atoms with E-state index in [1.165, 1.54) is 6.07 Å². The van der Waals surface area contributed by atoms with Gasteiger partial charge in [0.25, 0.3) is 5.69 Å². The molecule has 0 atom stereocenters. The average Bonchev–Trinajstić information content (AvgIpc) is 2.36. The Balaban J connectivity index is 3.56. The molecule has 0 fully saturated rings. The summed E-state index contributed by atoms with van der Waals surface area (Å²) in [5, 5.41) is 19.5. The topological polar surface area (TPSA) is 102 Å². The summed E-state index contributed by atoms with van der Waals surface area (Å²) in [4.78, 5) is 21.1. The Bertz CT molecular complexity index is 568. The molecule has 0 aromatic heterocycles. The van der Waals surface area contributed by atoms with Crippen molar-refractivity contribution < 1.29 is 28.0 Å². The number of carbonyl (C=O) groups excluding carboxylic acids is 1. The maximum Gasteiger partial charge on any atom is 0.387 e. The number of benzene rings is 1. The van der Waals surface area contributed by atoms with E-state index >= 15 is 0 Å². The molecule has 9 heteroatoms. The van der Waals surface area contributed by atoms with Gasteiger partial charge in [0.15, 0.2) is 11.3 Å². The summed E-state index contributed by atoms with van der Waals surface area (Å²) >= 11 is 0. The number of methoxy groups -OCH3 is 1. The van der Waals surface area contributed by atoms with Crippen LogP contribution in [-0.2, 0) is 4.74 Å². The zero-order valence-corrected chi connectivity index (χ0v) is 9.42. The summed E-state index contributed by atoms with van der Waals surface area (Å²) < 4.78 is 32.9. The first-order valence-corrected chi connectivity index (χ1v) is 4.67. The lowest BCUT2D eigenvalue weighted by Crippen LogP contribution is -2.11. The lowest BCUT2D eigenvalue weighted by Gasteiger charge is -2.10. The van der Waals surface area contributed by atoms with E-state index in [4.69, 9.17) is 5.26 Å². The third-order valence-electron chi connectivity index (χ3n) is 2.06. The first kappa shape index (κ1) is 14.3. The first-order valence-electron chi connectivity index (χ1n) is 4.67. The number of alkyl halides is 2. The summed E-state index contributed by atoms with van der Waals surface area (Å²) in [6.45, 7) is -3.35. The van der Waals surface area contributed by atoms with Crippen molar-refractivity contribution in [1.82, 2.24) is 0 Å². The van der Waals surface area contributed by atoms with E-state index in [2.05, 4.69) is 9.47 Å². The molecule has 0 N–H and O–H groups in total. The average molecular weight is 272 g/mol. The molecular weight excluding hydrogens is 266 g/mol. The molecule has 100 valence electrons. The molecule has 0 radical (unpaired) electrons. The highest BCUT2D eigenvalue weighted by atomic mass is 19.3. The molecule has 0 unspecified atom stereocenters. The second-order valence-corrected chi connectivity index (χ2v) is 3.08. The Morgan fingerprint density at radius 2 is 2.16 bits per heavy atom. The summed E-state index contributed by atoms with van der Waals surface area (Å²) in [6.07, 6.45) is 0. The third kappa shape index (κ3) is 2.92. The number of carbonyl (C=O) groups is 1. The van der Waals surface area contributed by atoms with E-state index < -0.39 is 40.1 Å². The predicted octanol–water partition coefficient (Wildman–Crippen LogP) is 1.85. The van der Waals surface area contributed by atoms with Gasteiger partial charge >= 0.3 is 12.6 Å². The highest BCUT2D eigenvalue weighted by Crippen LogP contribution is 2.33. The van der Waals surface area contributed by atoms with Crippen LogP contribution in [0, 0.1) is 21.4 Å². The Kier molecular flexibility index (Phi) is 4.31. The summed E-state index contributed by atoms with van der Waals surface area (Å²) in [7, 11) is 0.988. The number of ether oxygens (including phenoxy) is 2. The van der Waals surface area contributed by atoms with Gasteiger partial charge in [-0.15, -0.1) is 0 Å². The van der Waals surface area contributed by atoms with Gasteiger partial charge in [0.2, 0.25) is 0 Å². The first-order chi connectivity index (χ1) is 8.92. The molecule has 0 saturated carbocycles. The molecule has 0 saturated heterocycles. The number of hydrogen-bond acceptors (Lipinski definition) is 6. The van der Waals surface area contributed by atoms with E-state index in [9.17, 15) is 23.7 Å². The van der Waals surface area contributed by atoms with Gasteiger partial charge in [-0.1, -0.05) is 0 Å². The van der Waals surface area contributed by atoms with Gasteiger partial charge in [-0.25, -0.2) is 4.79 Å². The summed E-state index contributed by atoms with van der Waals surface area (Å²) in [5.74, 6) is -1.93. The minimum Gasteiger partial charge on any atom is -0.465 e. The van der Waals surface area contributed by atoms with Crippen LogP contribution in [0.2, 0.25) is 0 Å². The Morgan fingerprint density at radius 3 is 2.58 bits per heavy atom. The van der Waals surface area contributed by atoms with Crippen LogP contribution in [0.25, 0.3) is 0 Å². The van der Waals surface area contributed by atoms with E-state index in [0.717, 1.165) is 19.2 Å². The predicted molar refractivity (Wildman–Crippen MR) is 55.8 cm³/mol. The minimum absolute atomic E-state index is 0.495. The molecule has 0 aliphatic carbocycles. The Hall–Kier alpha value is -2.76. The quantitative estimate of drug-likeness (QED) is 0.470. The van der Waals surface area contributed by atoms with Gasteiger partial charge in [0.05, 0.1) is 12.0 Å². The number of nitrogens with zero attached hydrogens (tertiary/aromatic N) is 2. The molecule has 7 nitrogen and oxygen atoms in total. The van der Waals surface area contributed by atoms with E-state index in [1.807, 2.05) is 0 Å². The SMILES string of the molecule is COC(=O)c1ccc([N+](=O)[O-])c(C#N)c1OC(F)F. The fourth-order valence-corrected chi connectivity index (χ4v) is 1.31. The number of halogens is 2. The second kappa shape index (κ2) is 5.72. The molecule has 1 aromatic carbocycles. The van der Waals surface area contributed by atoms with Gasteiger partial charge in [-0.3, -0.25) is 10.1 Å². The van der Waals surface area contributed by atoms with Crippen LogP contribution in [0.15, 0.2) is 12.1 Å². The van der Waals surface area contributed by atoms with Gasteiger partial charge in [-0.05, 0) is 6.07 Å². The largest absolute Gasteiger partial charge is 0.465 e.